The summed E-state index contributed by atoms with van der Waals surface area (Å²) in [6.07, 6.45) is 2.03. The van der Waals surface area contributed by atoms with Gasteiger partial charge in [0.2, 0.25) is 5.78 Å². The maximum absolute atomic E-state index is 12.5. The van der Waals surface area contributed by atoms with Gasteiger partial charge in [0, 0.05) is 11.6 Å². The summed E-state index contributed by atoms with van der Waals surface area (Å²) in [5.74, 6) is -1.12. The summed E-state index contributed by atoms with van der Waals surface area (Å²) in [4.78, 5) is 35.0. The molecule has 6 nitrogen and oxygen atoms in total. The Balaban J connectivity index is 1.74. The van der Waals surface area contributed by atoms with Gasteiger partial charge in [0.1, 0.15) is 5.02 Å². The number of hydrogen-bond donors (Lipinski definition) is 0. The van der Waals surface area contributed by atoms with E-state index < -0.39 is 22.7 Å². The van der Waals surface area contributed by atoms with E-state index in [1.165, 1.54) is 24.6 Å². The molecule has 1 atom stereocenters. The van der Waals surface area contributed by atoms with Crippen LogP contribution in [0.5, 0.6) is 0 Å². The molecule has 3 rings (SSSR count). The minimum atomic E-state index is -1.00. The lowest BCUT2D eigenvalue weighted by Gasteiger charge is -2.13. The Labute approximate surface area is 154 Å². The summed E-state index contributed by atoms with van der Waals surface area (Å²) < 4.78 is 5.19. The van der Waals surface area contributed by atoms with Gasteiger partial charge in [-0.3, -0.25) is 14.9 Å². The topological polar surface area (TPSA) is 86.5 Å². The highest BCUT2D eigenvalue weighted by Crippen LogP contribution is 2.26. The highest BCUT2D eigenvalue weighted by Gasteiger charge is 2.24. The molecule has 1 aliphatic rings. The third-order valence-corrected chi connectivity index (χ3v) is 4.73. The van der Waals surface area contributed by atoms with Gasteiger partial charge in [-0.2, -0.15) is 0 Å². The van der Waals surface area contributed by atoms with Crippen molar-refractivity contribution in [3.05, 3.63) is 73.8 Å². The Morgan fingerprint density at radius 2 is 1.81 bits per heavy atom. The second kappa shape index (κ2) is 7.25. The molecule has 26 heavy (non-hydrogen) atoms. The molecule has 7 heteroatoms. The Morgan fingerprint density at radius 1 is 1.12 bits per heavy atom. The highest BCUT2D eigenvalue weighted by molar-refractivity contribution is 6.32. The Morgan fingerprint density at radius 3 is 2.54 bits per heavy atom. The van der Waals surface area contributed by atoms with Crippen molar-refractivity contribution >= 4 is 29.0 Å². The first-order valence-electron chi connectivity index (χ1n) is 8.18. The van der Waals surface area contributed by atoms with Crippen molar-refractivity contribution in [2.24, 2.45) is 0 Å². The standard InChI is InChI=1S/C19H16ClNO5/c1-11(18(22)14-6-5-12-3-2-4-13(12)9-14)26-19(23)15-7-8-16(20)17(10-15)21(24)25/h5-11H,2-4H2,1H3/t11-/m1/s1. The van der Waals surface area contributed by atoms with Crippen LogP contribution in [-0.2, 0) is 17.6 Å². The number of nitro benzene ring substituents is 1. The van der Waals surface area contributed by atoms with Crippen molar-refractivity contribution in [2.75, 3.05) is 0 Å². The van der Waals surface area contributed by atoms with E-state index in [2.05, 4.69) is 0 Å². The van der Waals surface area contributed by atoms with Gasteiger partial charge in [0.05, 0.1) is 10.5 Å². The van der Waals surface area contributed by atoms with Crippen LogP contribution in [-0.4, -0.2) is 22.8 Å². The van der Waals surface area contributed by atoms with Crippen LogP contribution in [0.1, 0.15) is 45.2 Å². The lowest BCUT2D eigenvalue weighted by Crippen LogP contribution is -2.24. The van der Waals surface area contributed by atoms with Gasteiger partial charge < -0.3 is 4.74 Å². The lowest BCUT2D eigenvalue weighted by atomic mass is 10.0. The van der Waals surface area contributed by atoms with E-state index in [-0.39, 0.29) is 16.4 Å². The number of nitrogens with zero attached hydrogens (tertiary/aromatic N) is 1. The number of Topliss-reactive ketones (excluding diaryl/α,β-unsaturated/α-hetero) is 1. The van der Waals surface area contributed by atoms with E-state index in [1.807, 2.05) is 12.1 Å². The molecule has 0 amide bonds. The average molecular weight is 374 g/mol. The van der Waals surface area contributed by atoms with E-state index in [1.54, 1.807) is 6.07 Å². The molecule has 0 spiro atoms. The van der Waals surface area contributed by atoms with Crippen LogP contribution in [0.4, 0.5) is 5.69 Å². The molecule has 0 heterocycles. The highest BCUT2D eigenvalue weighted by atomic mass is 35.5. The fourth-order valence-corrected chi connectivity index (χ4v) is 3.21. The molecule has 0 radical (unpaired) electrons. The monoisotopic (exact) mass is 373 g/mol. The number of benzene rings is 2. The van der Waals surface area contributed by atoms with E-state index in [0.717, 1.165) is 30.9 Å². The normalized spacial score (nSPS) is 13.8. The maximum atomic E-state index is 12.5. The number of hydrogen-bond acceptors (Lipinski definition) is 5. The summed E-state index contributed by atoms with van der Waals surface area (Å²) in [7, 11) is 0. The molecule has 2 aromatic rings. The number of aryl methyl sites for hydroxylation is 2. The first-order valence-corrected chi connectivity index (χ1v) is 8.55. The van der Waals surface area contributed by atoms with Gasteiger partial charge in [-0.15, -0.1) is 0 Å². The van der Waals surface area contributed by atoms with Crippen molar-refractivity contribution < 1.29 is 19.2 Å². The van der Waals surface area contributed by atoms with Crippen molar-refractivity contribution in [1.82, 2.24) is 0 Å². The van der Waals surface area contributed by atoms with Crippen LogP contribution in [0.3, 0.4) is 0 Å². The fraction of sp³-hybridized carbons (Fsp3) is 0.263. The molecule has 2 aromatic carbocycles. The molecule has 0 aliphatic heterocycles. The minimum Gasteiger partial charge on any atom is -0.451 e. The first-order chi connectivity index (χ1) is 12.4. The van der Waals surface area contributed by atoms with Crippen molar-refractivity contribution in [3.63, 3.8) is 0 Å². The predicted octanol–water partition coefficient (Wildman–Crippen LogP) is 4.17. The van der Waals surface area contributed by atoms with Gasteiger partial charge in [0.15, 0.2) is 6.10 Å². The number of ether oxygens (including phenoxy) is 1. The number of nitro groups is 1. The number of rotatable bonds is 5. The van der Waals surface area contributed by atoms with E-state index in [0.29, 0.717) is 5.56 Å². The van der Waals surface area contributed by atoms with E-state index in [9.17, 15) is 19.7 Å². The number of halogens is 1. The molecular weight excluding hydrogens is 358 g/mol. The molecule has 1 aliphatic carbocycles. The predicted molar refractivity (Wildman–Crippen MR) is 95.8 cm³/mol. The second-order valence-corrected chi connectivity index (χ2v) is 6.58. The second-order valence-electron chi connectivity index (χ2n) is 6.17. The maximum Gasteiger partial charge on any atom is 0.339 e. The van der Waals surface area contributed by atoms with Crippen molar-refractivity contribution in [1.29, 1.82) is 0 Å². The van der Waals surface area contributed by atoms with Crippen LogP contribution < -0.4 is 0 Å². The third-order valence-electron chi connectivity index (χ3n) is 4.41. The minimum absolute atomic E-state index is 0.0327. The number of carbonyl (C=O) groups is 2. The van der Waals surface area contributed by atoms with Gasteiger partial charge >= 0.3 is 5.97 Å². The molecule has 0 fully saturated rings. The van der Waals surface area contributed by atoms with Crippen LogP contribution in [0, 0.1) is 10.1 Å². The number of fused-ring (bicyclic) bond motifs is 1. The lowest BCUT2D eigenvalue weighted by molar-refractivity contribution is -0.384. The smallest absolute Gasteiger partial charge is 0.339 e. The Hall–Kier alpha value is -2.73. The zero-order chi connectivity index (χ0) is 18.8. The van der Waals surface area contributed by atoms with Gasteiger partial charge in [-0.1, -0.05) is 23.7 Å². The van der Waals surface area contributed by atoms with Crippen LogP contribution in [0.25, 0.3) is 0 Å². The Bertz CT molecular complexity index is 909. The van der Waals surface area contributed by atoms with Crippen molar-refractivity contribution in [3.8, 4) is 0 Å². The Kier molecular flexibility index (Phi) is 5.04. The number of esters is 1. The van der Waals surface area contributed by atoms with Crippen molar-refractivity contribution in [2.45, 2.75) is 32.3 Å². The van der Waals surface area contributed by atoms with Gasteiger partial charge in [-0.05, 0) is 55.5 Å². The van der Waals surface area contributed by atoms with Gasteiger partial charge in [-0.25, -0.2) is 4.79 Å². The summed E-state index contributed by atoms with van der Waals surface area (Å²) in [5.41, 5.74) is 2.48. The van der Waals surface area contributed by atoms with Crippen LogP contribution in [0.2, 0.25) is 5.02 Å². The zero-order valence-electron chi connectivity index (χ0n) is 14.0. The zero-order valence-corrected chi connectivity index (χ0v) is 14.8. The first kappa shape index (κ1) is 18.1. The summed E-state index contributed by atoms with van der Waals surface area (Å²) in [6, 6.07) is 9.14. The van der Waals surface area contributed by atoms with E-state index in [4.69, 9.17) is 16.3 Å². The molecule has 0 N–H and O–H groups in total. The number of ketones is 1. The molecule has 0 aromatic heterocycles. The quantitative estimate of drug-likeness (QED) is 0.340. The molecule has 0 saturated carbocycles. The molecule has 0 bridgehead atoms. The average Bonchev–Trinajstić information content (AvgIpc) is 3.08. The van der Waals surface area contributed by atoms with Gasteiger partial charge in [0.25, 0.3) is 5.69 Å². The summed E-state index contributed by atoms with van der Waals surface area (Å²) >= 11 is 5.73. The fourth-order valence-electron chi connectivity index (χ4n) is 3.02. The molecular formula is C19H16ClNO5. The van der Waals surface area contributed by atoms with E-state index >= 15 is 0 Å². The van der Waals surface area contributed by atoms with Crippen LogP contribution >= 0.6 is 11.6 Å². The third kappa shape index (κ3) is 3.60. The molecule has 0 saturated heterocycles. The molecule has 0 unspecified atom stereocenters. The largest absolute Gasteiger partial charge is 0.451 e. The SMILES string of the molecule is C[C@@H](OC(=O)c1ccc(Cl)c([N+](=O)[O-])c1)C(=O)c1ccc2c(c1)CCC2. The van der Waals surface area contributed by atoms with Crippen LogP contribution in [0.15, 0.2) is 36.4 Å². The molecule has 134 valence electrons. The summed E-state index contributed by atoms with van der Waals surface area (Å²) in [6.45, 7) is 1.48. The number of carbonyl (C=O) groups excluding carboxylic acids is 2. The summed E-state index contributed by atoms with van der Waals surface area (Å²) in [5, 5.41) is 10.8.